The summed E-state index contributed by atoms with van der Waals surface area (Å²) in [5.41, 5.74) is 18.4. The van der Waals surface area contributed by atoms with Crippen LogP contribution in [0.3, 0.4) is 0 Å². The van der Waals surface area contributed by atoms with E-state index in [9.17, 15) is 0 Å². The van der Waals surface area contributed by atoms with Crippen LogP contribution in [0.4, 0.5) is 17.1 Å². The van der Waals surface area contributed by atoms with Crippen LogP contribution in [0.2, 0.25) is 0 Å². The fourth-order valence-electron chi connectivity index (χ4n) is 8.96. The molecule has 0 saturated heterocycles. The van der Waals surface area contributed by atoms with Crippen molar-refractivity contribution in [1.82, 2.24) is 0 Å². The number of hydrogen-bond donors (Lipinski definition) is 0. The third-order valence-electron chi connectivity index (χ3n) is 12.3. The molecule has 0 radical (unpaired) electrons. The molecule has 0 aromatic heterocycles. The molecule has 1 atom stereocenters. The quantitative estimate of drug-likeness (QED) is 0.118. The maximum atomic E-state index is 2.42. The van der Waals surface area contributed by atoms with Gasteiger partial charge in [-0.25, -0.2) is 0 Å². The van der Waals surface area contributed by atoms with Gasteiger partial charge in [0.15, 0.2) is 0 Å². The normalized spacial score (nSPS) is 13.6. The molecular formula is C62H49N. The summed E-state index contributed by atoms with van der Waals surface area (Å²) in [5, 5.41) is 2.43. The first-order valence-electron chi connectivity index (χ1n) is 22.1. The Bertz CT molecular complexity index is 3080. The molecule has 0 aliphatic heterocycles. The van der Waals surface area contributed by atoms with Gasteiger partial charge in [0.1, 0.15) is 0 Å². The van der Waals surface area contributed by atoms with E-state index in [0.29, 0.717) is 5.92 Å². The van der Waals surface area contributed by atoms with Gasteiger partial charge in [-0.3, -0.25) is 0 Å². The highest BCUT2D eigenvalue weighted by atomic mass is 15.1. The van der Waals surface area contributed by atoms with E-state index in [0.717, 1.165) is 29.9 Å². The number of anilines is 3. The maximum absolute atomic E-state index is 2.42. The van der Waals surface area contributed by atoms with Crippen LogP contribution in [0.1, 0.15) is 34.7 Å². The molecule has 302 valence electrons. The highest BCUT2D eigenvalue weighted by Crippen LogP contribution is 2.40. The lowest BCUT2D eigenvalue weighted by Gasteiger charge is -2.27. The number of rotatable bonds is 11. The van der Waals surface area contributed by atoms with Gasteiger partial charge in [-0.2, -0.15) is 0 Å². The molecule has 1 unspecified atom stereocenters. The Balaban J connectivity index is 0.989. The first-order valence-corrected chi connectivity index (χ1v) is 22.1. The minimum atomic E-state index is 0.545. The second-order valence-electron chi connectivity index (χ2n) is 16.6. The van der Waals surface area contributed by atoms with Gasteiger partial charge in [0.2, 0.25) is 0 Å². The first-order chi connectivity index (χ1) is 31.1. The van der Waals surface area contributed by atoms with Crippen molar-refractivity contribution in [3.05, 3.63) is 264 Å². The molecule has 0 saturated carbocycles. The zero-order valence-corrected chi connectivity index (χ0v) is 35.6. The van der Waals surface area contributed by atoms with E-state index in [1.165, 1.54) is 77.5 Å². The molecular weight excluding hydrogens is 759 g/mol. The number of nitrogens with zero attached hydrogens (tertiary/aromatic N) is 1. The zero-order valence-electron chi connectivity index (χ0n) is 35.6. The van der Waals surface area contributed by atoms with Gasteiger partial charge in [0, 0.05) is 16.8 Å². The molecule has 10 rings (SSSR count). The average Bonchev–Trinajstić information content (AvgIpc) is 3.35. The summed E-state index contributed by atoms with van der Waals surface area (Å²) in [6.45, 7) is 2.31. The lowest BCUT2D eigenvalue weighted by Crippen LogP contribution is -2.10. The maximum Gasteiger partial charge on any atom is 0.0540 e. The van der Waals surface area contributed by atoms with Gasteiger partial charge < -0.3 is 4.90 Å². The van der Waals surface area contributed by atoms with Crippen molar-refractivity contribution in [3.63, 3.8) is 0 Å². The third-order valence-corrected chi connectivity index (χ3v) is 12.3. The van der Waals surface area contributed by atoms with Crippen molar-refractivity contribution in [1.29, 1.82) is 0 Å². The Kier molecular flexibility index (Phi) is 11.3. The van der Waals surface area contributed by atoms with Crippen molar-refractivity contribution in [2.45, 2.75) is 19.8 Å². The molecule has 1 nitrogen and oxygen atoms in total. The second-order valence-corrected chi connectivity index (χ2v) is 16.6. The highest BCUT2D eigenvalue weighted by Gasteiger charge is 2.17. The highest BCUT2D eigenvalue weighted by molar-refractivity contribution is 5.99. The summed E-state index contributed by atoms with van der Waals surface area (Å²) in [6.07, 6.45) is 13.5. The lowest BCUT2D eigenvalue weighted by atomic mass is 9.86. The second kappa shape index (κ2) is 18.1. The summed E-state index contributed by atoms with van der Waals surface area (Å²) in [7, 11) is 0. The minimum absolute atomic E-state index is 0.545. The number of fused-ring (bicyclic) bond motifs is 2. The van der Waals surface area contributed by atoms with Gasteiger partial charge in [0.05, 0.1) is 5.69 Å². The van der Waals surface area contributed by atoms with E-state index in [-0.39, 0.29) is 0 Å². The fraction of sp³-hybridized carbons (Fsp3) is 0.0645. The van der Waals surface area contributed by atoms with Crippen LogP contribution in [0.5, 0.6) is 0 Å². The number of benzene rings is 9. The number of hydrogen-bond acceptors (Lipinski definition) is 1. The molecule has 0 bridgehead atoms. The van der Waals surface area contributed by atoms with E-state index in [1.54, 1.807) is 0 Å². The SMILES string of the molecule is CC1C=Cc2cccc(C/C=C(\C=C/c3ccc(-c4ccccc4)cc3)c3cccc(-c4ccc(N(c5ccc(-c6ccccc6)cc5)c5cccc6ccccc56)cc4)c3)c2C1. The Labute approximate surface area is 372 Å². The Morgan fingerprint density at radius 3 is 1.78 bits per heavy atom. The first kappa shape index (κ1) is 39.4. The molecule has 0 N–H and O–H groups in total. The Morgan fingerprint density at radius 2 is 1.08 bits per heavy atom. The van der Waals surface area contributed by atoms with Crippen molar-refractivity contribution in [3.8, 4) is 33.4 Å². The van der Waals surface area contributed by atoms with Crippen LogP contribution < -0.4 is 4.90 Å². The predicted molar refractivity (Wildman–Crippen MR) is 270 cm³/mol. The summed E-state index contributed by atoms with van der Waals surface area (Å²) >= 11 is 0. The van der Waals surface area contributed by atoms with Crippen LogP contribution in [-0.4, -0.2) is 0 Å². The molecule has 0 fully saturated rings. The smallest absolute Gasteiger partial charge is 0.0540 e. The van der Waals surface area contributed by atoms with E-state index in [1.807, 2.05) is 0 Å². The van der Waals surface area contributed by atoms with E-state index in [2.05, 4.69) is 261 Å². The summed E-state index contributed by atoms with van der Waals surface area (Å²) in [4.78, 5) is 2.38. The van der Waals surface area contributed by atoms with E-state index < -0.39 is 0 Å². The summed E-state index contributed by atoms with van der Waals surface area (Å²) < 4.78 is 0. The van der Waals surface area contributed by atoms with Crippen molar-refractivity contribution in [2.24, 2.45) is 5.92 Å². The van der Waals surface area contributed by atoms with E-state index >= 15 is 0 Å². The standard InChI is InChI=1S/C62H49N/c1-45-25-29-54-18-10-19-55(61(54)43-45)34-33-51(32-28-46-26-30-49(31-27-46)47-13-4-2-5-14-47)56-21-11-22-57(44-56)52-37-41-59(42-38-52)63(62-24-12-20-53-17-8-9-23-60(53)62)58-39-35-50(36-40-58)48-15-6-3-7-16-48/h2-33,35-42,44-45H,34,43H2,1H3/b32-28-,51-33+. The molecule has 1 aliphatic carbocycles. The molecule has 9 aromatic carbocycles. The molecule has 0 heterocycles. The fourth-order valence-corrected chi connectivity index (χ4v) is 8.96. The van der Waals surface area contributed by atoms with Crippen LogP contribution in [0.25, 0.3) is 61.9 Å². The van der Waals surface area contributed by atoms with Crippen molar-refractivity contribution >= 4 is 45.6 Å². The average molecular weight is 808 g/mol. The van der Waals surface area contributed by atoms with Gasteiger partial charge in [-0.05, 0) is 127 Å². The predicted octanol–water partition coefficient (Wildman–Crippen LogP) is 16.9. The van der Waals surface area contributed by atoms with E-state index in [4.69, 9.17) is 0 Å². The third kappa shape index (κ3) is 8.73. The molecule has 1 heteroatoms. The Hall–Kier alpha value is -7.74. The summed E-state index contributed by atoms with van der Waals surface area (Å²) in [6, 6.07) is 79.0. The van der Waals surface area contributed by atoms with Gasteiger partial charge in [0.25, 0.3) is 0 Å². The lowest BCUT2D eigenvalue weighted by molar-refractivity contribution is 0.712. The van der Waals surface area contributed by atoms with Gasteiger partial charge in [-0.1, -0.05) is 219 Å². The van der Waals surface area contributed by atoms with Crippen molar-refractivity contribution in [2.75, 3.05) is 4.90 Å². The number of allylic oxidation sites excluding steroid dienone is 4. The van der Waals surface area contributed by atoms with Crippen LogP contribution in [-0.2, 0) is 12.8 Å². The van der Waals surface area contributed by atoms with Crippen LogP contribution in [0.15, 0.2) is 237 Å². The monoisotopic (exact) mass is 807 g/mol. The topological polar surface area (TPSA) is 3.24 Å². The van der Waals surface area contributed by atoms with Gasteiger partial charge >= 0.3 is 0 Å². The minimum Gasteiger partial charge on any atom is -0.310 e. The molecule has 0 amide bonds. The Morgan fingerprint density at radius 1 is 0.524 bits per heavy atom. The molecule has 0 spiro atoms. The van der Waals surface area contributed by atoms with Crippen molar-refractivity contribution < 1.29 is 0 Å². The summed E-state index contributed by atoms with van der Waals surface area (Å²) in [5.74, 6) is 0.545. The largest absolute Gasteiger partial charge is 0.310 e. The molecule has 9 aromatic rings. The molecule has 1 aliphatic rings. The van der Waals surface area contributed by atoms with Crippen LogP contribution >= 0.6 is 0 Å². The van der Waals surface area contributed by atoms with Gasteiger partial charge in [-0.15, -0.1) is 0 Å². The molecule has 63 heavy (non-hydrogen) atoms. The van der Waals surface area contributed by atoms with Crippen LogP contribution in [0, 0.1) is 5.92 Å². The zero-order chi connectivity index (χ0) is 42.4.